The van der Waals surface area contributed by atoms with Gasteiger partial charge in [-0.2, -0.15) is 5.26 Å². The third-order valence-corrected chi connectivity index (χ3v) is 2.40. The van der Waals surface area contributed by atoms with Gasteiger partial charge in [-0.05, 0) is 32.7 Å². The maximum Gasteiger partial charge on any atom is 0.0621 e. The van der Waals surface area contributed by atoms with E-state index >= 15 is 0 Å². The number of rotatable bonds is 7. The van der Waals surface area contributed by atoms with Gasteiger partial charge in [-0.25, -0.2) is 0 Å². The second-order valence-corrected chi connectivity index (χ2v) is 3.61. The molecular formula is C10H20N2O. The minimum absolute atomic E-state index is 0.146. The summed E-state index contributed by atoms with van der Waals surface area (Å²) in [6, 6.07) is 2.12. The number of aliphatic hydroxyl groups is 1. The van der Waals surface area contributed by atoms with Gasteiger partial charge < -0.3 is 10.4 Å². The topological polar surface area (TPSA) is 56.0 Å². The molecule has 0 saturated heterocycles. The van der Waals surface area contributed by atoms with E-state index in [2.05, 4.69) is 18.3 Å². The van der Waals surface area contributed by atoms with Crippen LogP contribution in [0.5, 0.6) is 0 Å². The van der Waals surface area contributed by atoms with Crippen LogP contribution in [0.15, 0.2) is 0 Å². The minimum atomic E-state index is -0.146. The van der Waals surface area contributed by atoms with Gasteiger partial charge in [0, 0.05) is 12.0 Å². The van der Waals surface area contributed by atoms with E-state index in [0.29, 0.717) is 6.42 Å². The predicted molar refractivity (Wildman–Crippen MR) is 53.2 cm³/mol. The van der Waals surface area contributed by atoms with Crippen LogP contribution in [0.2, 0.25) is 0 Å². The summed E-state index contributed by atoms with van der Waals surface area (Å²) in [6.45, 7) is 5.12. The van der Waals surface area contributed by atoms with Crippen LogP contribution in [0, 0.1) is 11.3 Å². The molecule has 13 heavy (non-hydrogen) atoms. The summed E-state index contributed by atoms with van der Waals surface area (Å²) in [5.41, 5.74) is -0.146. The van der Waals surface area contributed by atoms with E-state index in [1.54, 1.807) is 0 Å². The van der Waals surface area contributed by atoms with Gasteiger partial charge in [0.15, 0.2) is 0 Å². The van der Waals surface area contributed by atoms with E-state index in [9.17, 15) is 0 Å². The van der Waals surface area contributed by atoms with Crippen molar-refractivity contribution < 1.29 is 5.11 Å². The highest BCUT2D eigenvalue weighted by molar-refractivity contribution is 4.80. The zero-order chi connectivity index (χ0) is 10.2. The van der Waals surface area contributed by atoms with Crippen molar-refractivity contribution in [3.63, 3.8) is 0 Å². The number of hydrogen-bond acceptors (Lipinski definition) is 3. The van der Waals surface area contributed by atoms with Gasteiger partial charge >= 0.3 is 0 Å². The van der Waals surface area contributed by atoms with Crippen molar-refractivity contribution in [1.82, 2.24) is 5.32 Å². The molecule has 76 valence electrons. The molecule has 0 aliphatic rings. The third-order valence-electron chi connectivity index (χ3n) is 2.40. The summed E-state index contributed by atoms with van der Waals surface area (Å²) >= 11 is 0. The molecule has 0 aliphatic carbocycles. The summed E-state index contributed by atoms with van der Waals surface area (Å²) in [5, 5.41) is 20.7. The monoisotopic (exact) mass is 184 g/mol. The van der Waals surface area contributed by atoms with Crippen molar-refractivity contribution in [3.05, 3.63) is 0 Å². The van der Waals surface area contributed by atoms with Crippen LogP contribution < -0.4 is 5.32 Å². The summed E-state index contributed by atoms with van der Waals surface area (Å²) < 4.78 is 0. The quantitative estimate of drug-likeness (QED) is 0.588. The van der Waals surface area contributed by atoms with Gasteiger partial charge in [0.05, 0.1) is 12.7 Å². The molecule has 0 aromatic carbocycles. The summed E-state index contributed by atoms with van der Waals surface area (Å²) in [6.07, 6.45) is 3.49. The fourth-order valence-corrected chi connectivity index (χ4v) is 1.01. The molecule has 3 nitrogen and oxygen atoms in total. The van der Waals surface area contributed by atoms with E-state index in [-0.39, 0.29) is 12.1 Å². The lowest BCUT2D eigenvalue weighted by atomic mass is 10.00. The van der Waals surface area contributed by atoms with Crippen LogP contribution in [0.25, 0.3) is 0 Å². The fourth-order valence-electron chi connectivity index (χ4n) is 1.01. The zero-order valence-electron chi connectivity index (χ0n) is 8.64. The highest BCUT2D eigenvalue weighted by Crippen LogP contribution is 2.07. The van der Waals surface area contributed by atoms with Crippen LogP contribution in [-0.4, -0.2) is 23.8 Å². The van der Waals surface area contributed by atoms with E-state index in [1.165, 1.54) is 0 Å². The van der Waals surface area contributed by atoms with Crippen molar-refractivity contribution in [2.45, 2.75) is 45.1 Å². The molecule has 0 aromatic rings. The number of nitriles is 1. The normalized spacial score (nSPS) is 14.9. The Bertz CT molecular complexity index is 159. The summed E-state index contributed by atoms with van der Waals surface area (Å²) in [4.78, 5) is 0. The standard InChI is InChI=1S/C10H20N2O/c1-3-10(2,9-13)12-8-6-4-5-7-11/h12-13H,3-6,8-9H2,1-2H3. The van der Waals surface area contributed by atoms with E-state index < -0.39 is 0 Å². The molecule has 3 heteroatoms. The smallest absolute Gasteiger partial charge is 0.0621 e. The number of aliphatic hydroxyl groups excluding tert-OH is 1. The molecule has 0 bridgehead atoms. The minimum Gasteiger partial charge on any atom is -0.394 e. The maximum atomic E-state index is 9.07. The first-order chi connectivity index (χ1) is 6.18. The second kappa shape index (κ2) is 6.88. The average molecular weight is 184 g/mol. The lowest BCUT2D eigenvalue weighted by Crippen LogP contribution is -2.45. The highest BCUT2D eigenvalue weighted by Gasteiger charge is 2.18. The third kappa shape index (κ3) is 5.62. The number of unbranched alkanes of at least 4 members (excludes halogenated alkanes) is 2. The SMILES string of the molecule is CCC(C)(CO)NCCCCC#N. The Labute approximate surface area is 80.8 Å². The van der Waals surface area contributed by atoms with Gasteiger partial charge in [-0.15, -0.1) is 0 Å². The zero-order valence-corrected chi connectivity index (χ0v) is 8.64. The lowest BCUT2D eigenvalue weighted by molar-refractivity contribution is 0.170. The van der Waals surface area contributed by atoms with Gasteiger partial charge in [0.2, 0.25) is 0 Å². The Morgan fingerprint density at radius 3 is 2.62 bits per heavy atom. The van der Waals surface area contributed by atoms with Gasteiger partial charge in [0.1, 0.15) is 0 Å². The molecule has 1 unspecified atom stereocenters. The first-order valence-electron chi connectivity index (χ1n) is 4.91. The number of hydrogen-bond donors (Lipinski definition) is 2. The Balaban J connectivity index is 3.45. The molecule has 0 saturated carbocycles. The van der Waals surface area contributed by atoms with Crippen LogP contribution in [0.4, 0.5) is 0 Å². The molecule has 0 spiro atoms. The Morgan fingerprint density at radius 1 is 1.46 bits per heavy atom. The number of nitrogens with zero attached hydrogens (tertiary/aromatic N) is 1. The molecule has 0 aliphatic heterocycles. The van der Waals surface area contributed by atoms with Crippen LogP contribution in [-0.2, 0) is 0 Å². The Kier molecular flexibility index (Phi) is 6.56. The van der Waals surface area contributed by atoms with Crippen LogP contribution in [0.1, 0.15) is 39.5 Å². The van der Waals surface area contributed by atoms with E-state index in [0.717, 1.165) is 25.8 Å². The Morgan fingerprint density at radius 2 is 2.15 bits per heavy atom. The lowest BCUT2D eigenvalue weighted by Gasteiger charge is -2.27. The molecular weight excluding hydrogens is 164 g/mol. The molecule has 0 aromatic heterocycles. The first kappa shape index (κ1) is 12.4. The molecule has 0 rings (SSSR count). The molecule has 0 amide bonds. The predicted octanol–water partition coefficient (Wildman–Crippen LogP) is 1.43. The largest absolute Gasteiger partial charge is 0.394 e. The summed E-state index contributed by atoms with van der Waals surface area (Å²) in [7, 11) is 0. The van der Waals surface area contributed by atoms with Gasteiger partial charge in [0.25, 0.3) is 0 Å². The van der Waals surface area contributed by atoms with Gasteiger partial charge in [-0.1, -0.05) is 6.92 Å². The van der Waals surface area contributed by atoms with Crippen molar-refractivity contribution in [2.75, 3.05) is 13.2 Å². The van der Waals surface area contributed by atoms with Crippen molar-refractivity contribution in [3.8, 4) is 6.07 Å². The van der Waals surface area contributed by atoms with Crippen molar-refractivity contribution in [1.29, 1.82) is 5.26 Å². The molecule has 0 heterocycles. The second-order valence-electron chi connectivity index (χ2n) is 3.61. The van der Waals surface area contributed by atoms with E-state index in [1.807, 2.05) is 6.92 Å². The molecule has 2 N–H and O–H groups in total. The van der Waals surface area contributed by atoms with Crippen molar-refractivity contribution in [2.24, 2.45) is 0 Å². The molecule has 0 radical (unpaired) electrons. The fraction of sp³-hybridized carbons (Fsp3) is 0.900. The molecule has 1 atom stereocenters. The Hall–Kier alpha value is -0.590. The van der Waals surface area contributed by atoms with Crippen LogP contribution >= 0.6 is 0 Å². The van der Waals surface area contributed by atoms with Gasteiger partial charge in [-0.3, -0.25) is 0 Å². The maximum absolute atomic E-state index is 9.07. The number of nitrogens with one attached hydrogen (secondary N) is 1. The molecule has 0 fully saturated rings. The first-order valence-corrected chi connectivity index (χ1v) is 4.91. The summed E-state index contributed by atoms with van der Waals surface area (Å²) in [5.74, 6) is 0. The van der Waals surface area contributed by atoms with Crippen molar-refractivity contribution >= 4 is 0 Å². The van der Waals surface area contributed by atoms with Crippen LogP contribution in [0.3, 0.4) is 0 Å². The highest BCUT2D eigenvalue weighted by atomic mass is 16.3. The van der Waals surface area contributed by atoms with E-state index in [4.69, 9.17) is 10.4 Å². The average Bonchev–Trinajstić information content (AvgIpc) is 2.17.